The number of nitrogens with one attached hydrogen (secondary N) is 1. The quantitative estimate of drug-likeness (QED) is 0.511. The van der Waals surface area contributed by atoms with Crippen LogP contribution >= 0.6 is 11.3 Å². The van der Waals surface area contributed by atoms with Gasteiger partial charge in [0.1, 0.15) is 17.0 Å². The molecule has 7 N–H and O–H groups in total. The van der Waals surface area contributed by atoms with Crippen molar-refractivity contribution in [1.29, 1.82) is 0 Å². The van der Waals surface area contributed by atoms with Crippen LogP contribution in [0.2, 0.25) is 0 Å². The van der Waals surface area contributed by atoms with Crippen LogP contribution in [0, 0.1) is 0 Å². The lowest BCUT2D eigenvalue weighted by atomic mass is 10.0. The molecule has 3 rings (SSSR count). The van der Waals surface area contributed by atoms with E-state index in [1.807, 2.05) is 24.3 Å². The van der Waals surface area contributed by atoms with E-state index in [9.17, 15) is 14.4 Å². The van der Waals surface area contributed by atoms with Crippen LogP contribution in [-0.2, 0) is 16.0 Å². The number of hydrogen-bond donors (Lipinski definition) is 4. The van der Waals surface area contributed by atoms with Crippen molar-refractivity contribution in [2.45, 2.75) is 44.2 Å². The average Bonchev–Trinajstić information content (AvgIpc) is 3.31. The van der Waals surface area contributed by atoms with Gasteiger partial charge in [-0.15, -0.1) is 11.3 Å². The number of nitrogens with two attached hydrogens (primary N) is 3. The van der Waals surface area contributed by atoms with Gasteiger partial charge >= 0.3 is 12.0 Å². The van der Waals surface area contributed by atoms with Crippen LogP contribution in [0.3, 0.4) is 0 Å². The first kappa shape index (κ1) is 20.8. The number of anilines is 1. The highest BCUT2D eigenvalue weighted by molar-refractivity contribution is 7.18. The van der Waals surface area contributed by atoms with Crippen molar-refractivity contribution >= 4 is 34.9 Å². The second kappa shape index (κ2) is 9.06. The molecule has 0 unspecified atom stereocenters. The molecule has 0 aliphatic heterocycles. The standard InChI is InChI=1S/C20H24N4O4S/c21-14(19(26)28-13-3-1-2-4-13)9-11-5-7-12(8-6-11)16-10-15(24-20(23)27)17(29-16)18(22)25/h5-8,10,13-14H,1-4,9,21H2,(H2,22,25)(H3,23,24,27)/t14-/m0/s1. The number of amides is 3. The van der Waals surface area contributed by atoms with E-state index in [0.717, 1.165) is 53.0 Å². The number of esters is 1. The average molecular weight is 417 g/mol. The van der Waals surface area contributed by atoms with E-state index < -0.39 is 18.0 Å². The summed E-state index contributed by atoms with van der Waals surface area (Å²) in [6, 6.07) is 7.60. The Balaban J connectivity index is 1.67. The molecule has 29 heavy (non-hydrogen) atoms. The zero-order chi connectivity index (χ0) is 21.0. The predicted molar refractivity (Wildman–Crippen MR) is 112 cm³/mol. The third-order valence-corrected chi connectivity index (χ3v) is 5.99. The number of thiophene rings is 1. The van der Waals surface area contributed by atoms with E-state index in [0.29, 0.717) is 6.42 Å². The molecule has 0 saturated heterocycles. The highest BCUT2D eigenvalue weighted by atomic mass is 32.1. The molecule has 1 heterocycles. The monoisotopic (exact) mass is 416 g/mol. The third kappa shape index (κ3) is 5.33. The summed E-state index contributed by atoms with van der Waals surface area (Å²) in [5.74, 6) is -1.01. The Morgan fingerprint density at radius 2 is 1.79 bits per heavy atom. The van der Waals surface area contributed by atoms with Crippen molar-refractivity contribution < 1.29 is 19.1 Å². The number of ether oxygens (including phenoxy) is 1. The van der Waals surface area contributed by atoms with Crippen LogP contribution in [0.25, 0.3) is 10.4 Å². The summed E-state index contributed by atoms with van der Waals surface area (Å²) in [5, 5.41) is 2.40. The molecule has 8 nitrogen and oxygen atoms in total. The van der Waals surface area contributed by atoms with Crippen molar-refractivity contribution in [2.75, 3.05) is 5.32 Å². The molecule has 1 aromatic heterocycles. The number of benzene rings is 1. The fourth-order valence-corrected chi connectivity index (χ4v) is 4.31. The minimum absolute atomic E-state index is 0.00239. The van der Waals surface area contributed by atoms with Gasteiger partial charge in [-0.25, -0.2) is 4.79 Å². The summed E-state index contributed by atoms with van der Waals surface area (Å²) in [5.41, 5.74) is 18.5. The number of urea groups is 1. The van der Waals surface area contributed by atoms with Gasteiger partial charge in [0, 0.05) is 4.88 Å². The first-order valence-corrected chi connectivity index (χ1v) is 10.2. The van der Waals surface area contributed by atoms with Gasteiger partial charge in [0.25, 0.3) is 5.91 Å². The molecule has 0 bridgehead atoms. The van der Waals surface area contributed by atoms with Crippen molar-refractivity contribution in [1.82, 2.24) is 0 Å². The molecule has 9 heteroatoms. The third-order valence-electron chi connectivity index (χ3n) is 4.80. The fraction of sp³-hybridized carbons (Fsp3) is 0.350. The molecular weight excluding hydrogens is 392 g/mol. The molecule has 1 saturated carbocycles. The van der Waals surface area contributed by atoms with E-state index in [4.69, 9.17) is 21.9 Å². The summed E-state index contributed by atoms with van der Waals surface area (Å²) < 4.78 is 5.46. The second-order valence-electron chi connectivity index (χ2n) is 7.06. The Hall–Kier alpha value is -2.91. The zero-order valence-electron chi connectivity index (χ0n) is 15.9. The van der Waals surface area contributed by atoms with Gasteiger partial charge in [-0.3, -0.25) is 9.59 Å². The Bertz CT molecular complexity index is 904. The minimum atomic E-state index is -0.773. The van der Waals surface area contributed by atoms with Crippen molar-refractivity contribution in [3.8, 4) is 10.4 Å². The lowest BCUT2D eigenvalue weighted by molar-refractivity contribution is -0.150. The molecule has 1 aliphatic carbocycles. The summed E-state index contributed by atoms with van der Waals surface area (Å²) in [6.07, 6.45) is 4.37. The van der Waals surface area contributed by atoms with Crippen molar-refractivity contribution in [3.05, 3.63) is 40.8 Å². The largest absolute Gasteiger partial charge is 0.461 e. The molecule has 2 aromatic rings. The number of rotatable bonds is 7. The van der Waals surface area contributed by atoms with Crippen LogP contribution in [0.15, 0.2) is 30.3 Å². The van der Waals surface area contributed by atoms with E-state index in [1.54, 1.807) is 6.07 Å². The van der Waals surface area contributed by atoms with Crippen LogP contribution in [0.5, 0.6) is 0 Å². The number of carbonyl (C=O) groups is 3. The number of primary amides is 2. The van der Waals surface area contributed by atoms with Gasteiger partial charge in [0.15, 0.2) is 0 Å². The Kier molecular flexibility index (Phi) is 6.50. The summed E-state index contributed by atoms with van der Waals surface area (Å²) in [7, 11) is 0. The van der Waals surface area contributed by atoms with Crippen LogP contribution in [0.1, 0.15) is 40.9 Å². The topological polar surface area (TPSA) is 151 Å². The SMILES string of the molecule is NC(=O)Nc1cc(-c2ccc(C[C@H](N)C(=O)OC3CCCC3)cc2)sc1C(N)=O. The first-order chi connectivity index (χ1) is 13.8. The van der Waals surface area contributed by atoms with Gasteiger partial charge in [0.2, 0.25) is 0 Å². The van der Waals surface area contributed by atoms with Gasteiger partial charge in [-0.05, 0) is 49.3 Å². The molecule has 1 fully saturated rings. The molecule has 1 aliphatic rings. The summed E-state index contributed by atoms with van der Waals surface area (Å²) in [6.45, 7) is 0. The lowest BCUT2D eigenvalue weighted by Gasteiger charge is -2.16. The molecule has 1 atom stereocenters. The smallest absolute Gasteiger partial charge is 0.323 e. The van der Waals surface area contributed by atoms with Gasteiger partial charge in [0.05, 0.1) is 5.69 Å². The van der Waals surface area contributed by atoms with E-state index >= 15 is 0 Å². The van der Waals surface area contributed by atoms with Crippen LogP contribution in [0.4, 0.5) is 10.5 Å². The summed E-state index contributed by atoms with van der Waals surface area (Å²) in [4.78, 5) is 35.8. The molecule has 1 aromatic carbocycles. The number of hydrogen-bond acceptors (Lipinski definition) is 6. The highest BCUT2D eigenvalue weighted by Gasteiger charge is 2.23. The summed E-state index contributed by atoms with van der Waals surface area (Å²) >= 11 is 1.16. The number of carbonyl (C=O) groups excluding carboxylic acids is 3. The molecule has 3 amide bonds. The van der Waals surface area contributed by atoms with Crippen LogP contribution < -0.4 is 22.5 Å². The second-order valence-corrected chi connectivity index (χ2v) is 8.11. The maximum atomic E-state index is 12.1. The van der Waals surface area contributed by atoms with Gasteiger partial charge < -0.3 is 27.3 Å². The normalized spacial score (nSPS) is 15.1. The lowest BCUT2D eigenvalue weighted by Crippen LogP contribution is -2.36. The van der Waals surface area contributed by atoms with E-state index in [2.05, 4.69) is 5.32 Å². The Morgan fingerprint density at radius 3 is 2.38 bits per heavy atom. The highest BCUT2D eigenvalue weighted by Crippen LogP contribution is 2.34. The van der Waals surface area contributed by atoms with E-state index in [1.165, 1.54) is 0 Å². The zero-order valence-corrected chi connectivity index (χ0v) is 16.7. The fourth-order valence-electron chi connectivity index (χ4n) is 3.34. The first-order valence-electron chi connectivity index (χ1n) is 9.39. The van der Waals surface area contributed by atoms with Crippen LogP contribution in [-0.4, -0.2) is 30.1 Å². The predicted octanol–water partition coefficient (Wildman–Crippen LogP) is 2.36. The molecular formula is C20H24N4O4S. The maximum absolute atomic E-state index is 12.1. The molecule has 0 spiro atoms. The maximum Gasteiger partial charge on any atom is 0.323 e. The Morgan fingerprint density at radius 1 is 1.14 bits per heavy atom. The van der Waals surface area contributed by atoms with Gasteiger partial charge in [-0.1, -0.05) is 24.3 Å². The molecule has 154 valence electrons. The van der Waals surface area contributed by atoms with Crippen molar-refractivity contribution in [2.24, 2.45) is 17.2 Å². The van der Waals surface area contributed by atoms with E-state index in [-0.39, 0.29) is 22.6 Å². The van der Waals surface area contributed by atoms with Gasteiger partial charge in [-0.2, -0.15) is 0 Å². The molecule has 0 radical (unpaired) electrons. The minimum Gasteiger partial charge on any atom is -0.461 e. The van der Waals surface area contributed by atoms with Crippen molar-refractivity contribution in [3.63, 3.8) is 0 Å². The Labute approximate surface area is 172 Å².